The van der Waals surface area contributed by atoms with Crippen LogP contribution in [-0.2, 0) is 28.7 Å². The van der Waals surface area contributed by atoms with Gasteiger partial charge in [-0.3, -0.25) is 19.2 Å². The second kappa shape index (κ2) is 16.4. The second-order valence-corrected chi connectivity index (χ2v) is 5.01. The van der Waals surface area contributed by atoms with Gasteiger partial charge in [-0.15, -0.1) is 6.42 Å². The highest BCUT2D eigenvalue weighted by atomic mass is 16.6. The molecular formula is C24H14O6. The number of ether oxygens (including phenoxy) is 2. The SMILES string of the molecule is C#CC#CC#CC#CC#CC#CC#CC.CC1CC(=O)OC1=O.O=C1CCC(=O)O1. The number of hydrogen-bond acceptors (Lipinski definition) is 6. The third kappa shape index (κ3) is 14.4. The van der Waals surface area contributed by atoms with E-state index in [0.29, 0.717) is 0 Å². The zero-order chi connectivity index (χ0) is 22.6. The lowest BCUT2D eigenvalue weighted by atomic mass is 10.1. The van der Waals surface area contributed by atoms with E-state index in [1.165, 1.54) is 0 Å². The summed E-state index contributed by atoms with van der Waals surface area (Å²) in [4.78, 5) is 40.6. The maximum absolute atomic E-state index is 10.3. The van der Waals surface area contributed by atoms with Gasteiger partial charge in [0.15, 0.2) is 0 Å². The molecule has 146 valence electrons. The highest BCUT2D eigenvalue weighted by Gasteiger charge is 2.28. The monoisotopic (exact) mass is 398 g/mol. The molecule has 2 rings (SSSR count). The van der Waals surface area contributed by atoms with E-state index in [1.54, 1.807) is 13.8 Å². The van der Waals surface area contributed by atoms with Crippen molar-refractivity contribution in [1.29, 1.82) is 0 Å². The van der Waals surface area contributed by atoms with Crippen molar-refractivity contribution < 1.29 is 28.7 Å². The van der Waals surface area contributed by atoms with Gasteiger partial charge in [0.05, 0.1) is 25.2 Å². The molecule has 0 aromatic rings. The molecule has 0 N–H and O–H groups in total. The molecule has 1 atom stereocenters. The van der Waals surface area contributed by atoms with E-state index >= 15 is 0 Å². The normalized spacial score (nSPS) is 14.1. The molecule has 2 fully saturated rings. The van der Waals surface area contributed by atoms with Gasteiger partial charge in [0.1, 0.15) is 0 Å². The molecule has 0 amide bonds. The quantitative estimate of drug-likeness (QED) is 0.338. The smallest absolute Gasteiger partial charge is 0.316 e. The first-order chi connectivity index (χ1) is 14.4. The minimum absolute atomic E-state index is 0.220. The van der Waals surface area contributed by atoms with Crippen molar-refractivity contribution in [3.8, 4) is 83.4 Å². The van der Waals surface area contributed by atoms with E-state index in [1.807, 2.05) is 0 Å². The lowest BCUT2D eigenvalue weighted by Gasteiger charge is -1.86. The molecule has 2 aliphatic rings. The average Bonchev–Trinajstić information content (AvgIpc) is 3.23. The summed E-state index contributed by atoms with van der Waals surface area (Å²) in [5.74, 6) is 30.1. The van der Waals surface area contributed by atoms with Crippen LogP contribution in [-0.4, -0.2) is 23.9 Å². The lowest BCUT2D eigenvalue weighted by Crippen LogP contribution is -2.01. The highest BCUT2D eigenvalue weighted by Crippen LogP contribution is 2.13. The Labute approximate surface area is 175 Å². The zero-order valence-corrected chi connectivity index (χ0v) is 16.2. The maximum Gasteiger partial charge on any atom is 0.316 e. The van der Waals surface area contributed by atoms with Crippen LogP contribution in [0.2, 0.25) is 0 Å². The van der Waals surface area contributed by atoms with Gasteiger partial charge in [-0.05, 0) is 78.0 Å². The molecule has 6 heteroatoms. The number of cyclic esters (lactones) is 4. The molecule has 2 saturated heterocycles. The molecule has 0 radical (unpaired) electrons. The number of hydrogen-bond donors (Lipinski definition) is 0. The van der Waals surface area contributed by atoms with E-state index in [0.717, 1.165) is 0 Å². The van der Waals surface area contributed by atoms with Crippen molar-refractivity contribution in [3.63, 3.8) is 0 Å². The topological polar surface area (TPSA) is 86.7 Å². The van der Waals surface area contributed by atoms with Gasteiger partial charge in [0.2, 0.25) is 0 Å². The summed E-state index contributed by atoms with van der Waals surface area (Å²) in [6, 6.07) is 0. The van der Waals surface area contributed by atoms with E-state index in [2.05, 4.69) is 86.4 Å². The standard InChI is InChI=1S/C15H4.C5H6O3.C4H4O3/c1-3-5-7-9-11-13-15-14-12-10-8-6-4-2;1-3-2-4(6)8-5(3)7;5-3-1-2-4(6)7-3/h1H,2H3;3H,2H2,1H3;1-2H2. The number of rotatable bonds is 0. The van der Waals surface area contributed by atoms with Crippen LogP contribution >= 0.6 is 0 Å². The zero-order valence-electron chi connectivity index (χ0n) is 16.2. The average molecular weight is 398 g/mol. The summed E-state index contributed by atoms with van der Waals surface area (Å²) in [6.07, 6.45) is 5.65. The molecule has 1 unspecified atom stereocenters. The molecule has 30 heavy (non-hydrogen) atoms. The molecule has 6 nitrogen and oxygen atoms in total. The summed E-state index contributed by atoms with van der Waals surface area (Å²) in [5, 5.41) is 0. The third-order valence-electron chi connectivity index (χ3n) is 2.67. The minimum Gasteiger partial charge on any atom is -0.393 e. The Morgan fingerprint density at radius 2 is 1.13 bits per heavy atom. The predicted octanol–water partition coefficient (Wildman–Crippen LogP) is 0.606. The van der Waals surface area contributed by atoms with Gasteiger partial charge >= 0.3 is 23.9 Å². The second-order valence-electron chi connectivity index (χ2n) is 5.01. The van der Waals surface area contributed by atoms with Crippen LogP contribution < -0.4 is 0 Å². The maximum atomic E-state index is 10.3. The molecule has 2 heterocycles. The summed E-state index contributed by atoms with van der Waals surface area (Å²) < 4.78 is 8.28. The molecular weight excluding hydrogens is 384 g/mol. The van der Waals surface area contributed by atoms with E-state index in [-0.39, 0.29) is 25.2 Å². The predicted molar refractivity (Wildman–Crippen MR) is 106 cm³/mol. The fourth-order valence-corrected chi connectivity index (χ4v) is 1.40. The Bertz CT molecular complexity index is 1100. The van der Waals surface area contributed by atoms with Gasteiger partial charge < -0.3 is 9.47 Å². The molecule has 0 saturated carbocycles. The van der Waals surface area contributed by atoms with Crippen LogP contribution in [0.1, 0.15) is 33.1 Å². The Balaban J connectivity index is 0.000000464. The van der Waals surface area contributed by atoms with Gasteiger partial charge in [-0.2, -0.15) is 0 Å². The van der Waals surface area contributed by atoms with Gasteiger partial charge in [0.25, 0.3) is 0 Å². The first-order valence-corrected chi connectivity index (χ1v) is 8.26. The van der Waals surface area contributed by atoms with Crippen molar-refractivity contribution >= 4 is 23.9 Å². The van der Waals surface area contributed by atoms with Gasteiger partial charge in [-0.25, -0.2) is 0 Å². The summed E-state index contributed by atoms with van der Waals surface area (Å²) in [6.45, 7) is 3.38. The largest absolute Gasteiger partial charge is 0.393 e. The van der Waals surface area contributed by atoms with Crippen LogP contribution in [0.3, 0.4) is 0 Å². The fraction of sp³-hybridized carbons (Fsp3) is 0.250. The number of terminal acetylenes is 1. The molecule has 0 bridgehead atoms. The van der Waals surface area contributed by atoms with Crippen molar-refractivity contribution in [2.75, 3.05) is 0 Å². The molecule has 0 aromatic heterocycles. The summed E-state index contributed by atoms with van der Waals surface area (Å²) >= 11 is 0. The first-order valence-electron chi connectivity index (χ1n) is 8.26. The number of carbonyl (C=O) groups is 4. The Morgan fingerprint density at radius 1 is 0.700 bits per heavy atom. The van der Waals surface area contributed by atoms with Crippen LogP contribution in [0, 0.1) is 89.3 Å². The van der Waals surface area contributed by atoms with Crippen molar-refractivity contribution in [2.24, 2.45) is 5.92 Å². The van der Waals surface area contributed by atoms with Crippen LogP contribution in [0.5, 0.6) is 0 Å². The van der Waals surface area contributed by atoms with Crippen LogP contribution in [0.4, 0.5) is 0 Å². The minimum atomic E-state index is -0.400. The van der Waals surface area contributed by atoms with Crippen LogP contribution in [0.15, 0.2) is 0 Å². The Hall–Kier alpha value is -4.80. The van der Waals surface area contributed by atoms with Crippen molar-refractivity contribution in [2.45, 2.75) is 33.1 Å². The Kier molecular flexibility index (Phi) is 13.8. The van der Waals surface area contributed by atoms with E-state index < -0.39 is 23.9 Å². The van der Waals surface area contributed by atoms with E-state index in [9.17, 15) is 19.2 Å². The third-order valence-corrected chi connectivity index (χ3v) is 2.67. The van der Waals surface area contributed by atoms with Gasteiger partial charge in [-0.1, -0.05) is 12.8 Å². The molecule has 0 spiro atoms. The lowest BCUT2D eigenvalue weighted by molar-refractivity contribution is -0.154. The summed E-state index contributed by atoms with van der Waals surface area (Å²) in [5.41, 5.74) is 0. The summed E-state index contributed by atoms with van der Waals surface area (Å²) in [7, 11) is 0. The highest BCUT2D eigenvalue weighted by molar-refractivity contribution is 5.94. The van der Waals surface area contributed by atoms with Crippen molar-refractivity contribution in [3.05, 3.63) is 0 Å². The fourth-order valence-electron chi connectivity index (χ4n) is 1.40. The number of carbonyl (C=O) groups excluding carboxylic acids is 4. The van der Waals surface area contributed by atoms with E-state index in [4.69, 9.17) is 6.42 Å². The molecule has 0 aromatic carbocycles. The molecule has 0 aliphatic carbocycles. The number of esters is 4. The molecule has 2 aliphatic heterocycles. The Morgan fingerprint density at radius 3 is 1.37 bits per heavy atom. The van der Waals surface area contributed by atoms with Crippen LogP contribution in [0.25, 0.3) is 0 Å². The van der Waals surface area contributed by atoms with Gasteiger partial charge in [0, 0.05) is 0 Å². The first kappa shape index (κ1) is 25.2. The van der Waals surface area contributed by atoms with Crippen molar-refractivity contribution in [1.82, 2.24) is 0 Å².